The second kappa shape index (κ2) is 2.95. The van der Waals surface area contributed by atoms with Crippen LogP contribution in [0.25, 0.3) is 11.7 Å². The van der Waals surface area contributed by atoms with Gasteiger partial charge in [0.1, 0.15) is 5.76 Å². The Kier molecular flexibility index (Phi) is 1.63. The number of nitrogens with zero attached hydrogens (tertiary/aromatic N) is 2. The third-order valence-electron chi connectivity index (χ3n) is 2.24. The molecule has 0 atom stereocenters. The van der Waals surface area contributed by atoms with Crippen molar-refractivity contribution in [3.05, 3.63) is 24.0 Å². The Bertz CT molecular complexity index is 409. The van der Waals surface area contributed by atoms with Crippen LogP contribution in [0.3, 0.4) is 0 Å². The van der Waals surface area contributed by atoms with Gasteiger partial charge >= 0.3 is 0 Å². The number of rotatable bonds is 1. The highest BCUT2D eigenvalue weighted by Gasteiger charge is 2.18. The maximum absolute atomic E-state index is 5.57. The molecule has 3 rings (SSSR count). The molecule has 0 saturated carbocycles. The van der Waals surface area contributed by atoms with E-state index in [1.807, 2.05) is 0 Å². The molecule has 5 heteroatoms. The van der Waals surface area contributed by atoms with Gasteiger partial charge in [-0.3, -0.25) is 0 Å². The van der Waals surface area contributed by atoms with Gasteiger partial charge in [0, 0.05) is 19.5 Å². The fourth-order valence-corrected chi connectivity index (χ4v) is 1.55. The molecule has 0 aromatic carbocycles. The Hall–Kier alpha value is -1.62. The van der Waals surface area contributed by atoms with Crippen LogP contribution in [0.1, 0.15) is 11.5 Å². The lowest BCUT2D eigenvalue weighted by Crippen LogP contribution is -2.22. The van der Waals surface area contributed by atoms with Gasteiger partial charge in [-0.05, 0) is 0 Å². The lowest BCUT2D eigenvalue weighted by atomic mass is 10.2. The number of fused-ring (bicyclic) bond motifs is 1. The molecule has 1 N–H and O–H groups in total. The Balaban J connectivity index is 2.04. The van der Waals surface area contributed by atoms with E-state index < -0.39 is 0 Å². The molecule has 0 aliphatic carbocycles. The monoisotopic (exact) mass is 191 g/mol. The van der Waals surface area contributed by atoms with E-state index in [9.17, 15) is 0 Å². The van der Waals surface area contributed by atoms with E-state index in [1.54, 1.807) is 6.20 Å². The minimum absolute atomic E-state index is 0.524. The van der Waals surface area contributed by atoms with E-state index in [2.05, 4.69) is 15.3 Å². The fourth-order valence-electron chi connectivity index (χ4n) is 1.55. The summed E-state index contributed by atoms with van der Waals surface area (Å²) in [6.45, 7) is 1.71. The average Bonchev–Trinajstić information content (AvgIpc) is 2.86. The Morgan fingerprint density at radius 3 is 3.21 bits per heavy atom. The first-order chi connectivity index (χ1) is 6.93. The summed E-state index contributed by atoms with van der Waals surface area (Å²) in [4.78, 5) is 8.15. The van der Waals surface area contributed by atoms with Crippen LogP contribution in [-0.4, -0.2) is 16.5 Å². The van der Waals surface area contributed by atoms with Crippen LogP contribution in [0.2, 0.25) is 0 Å². The largest absolute Gasteiger partial charge is 0.438 e. The van der Waals surface area contributed by atoms with Crippen LogP contribution in [-0.2, 0) is 13.0 Å². The first kappa shape index (κ1) is 7.75. The highest BCUT2D eigenvalue weighted by Crippen LogP contribution is 2.23. The van der Waals surface area contributed by atoms with Gasteiger partial charge in [-0.1, -0.05) is 0 Å². The molecule has 5 nitrogen and oxygen atoms in total. The minimum Gasteiger partial charge on any atom is -0.438 e. The van der Waals surface area contributed by atoms with E-state index in [4.69, 9.17) is 8.83 Å². The standard InChI is InChI=1S/C9H9N3O2/c1-2-10-3-6-7(1)14-9(12-6)8-4-11-5-13-8/h4-5,10H,1-3H2. The molecule has 0 bridgehead atoms. The summed E-state index contributed by atoms with van der Waals surface area (Å²) in [5.74, 6) is 2.06. The molecule has 1 aliphatic heterocycles. The van der Waals surface area contributed by atoms with Crippen molar-refractivity contribution >= 4 is 0 Å². The maximum atomic E-state index is 5.57. The van der Waals surface area contributed by atoms with E-state index >= 15 is 0 Å². The van der Waals surface area contributed by atoms with Crippen molar-refractivity contribution in [1.82, 2.24) is 15.3 Å². The minimum atomic E-state index is 0.524. The van der Waals surface area contributed by atoms with Crippen molar-refractivity contribution in [3.63, 3.8) is 0 Å². The number of nitrogens with one attached hydrogen (secondary N) is 1. The topological polar surface area (TPSA) is 64.1 Å². The van der Waals surface area contributed by atoms with Crippen LogP contribution < -0.4 is 5.32 Å². The summed E-state index contributed by atoms with van der Waals surface area (Å²) < 4.78 is 10.7. The molecular weight excluding hydrogens is 182 g/mol. The normalized spacial score (nSPS) is 15.4. The quantitative estimate of drug-likeness (QED) is 0.727. The lowest BCUT2D eigenvalue weighted by Gasteiger charge is -2.07. The molecule has 2 aromatic rings. The Labute approximate surface area is 80.2 Å². The molecule has 14 heavy (non-hydrogen) atoms. The van der Waals surface area contributed by atoms with Crippen molar-refractivity contribution in [3.8, 4) is 11.7 Å². The molecule has 0 saturated heterocycles. The van der Waals surface area contributed by atoms with Crippen LogP contribution in [0.15, 0.2) is 21.4 Å². The van der Waals surface area contributed by atoms with Crippen molar-refractivity contribution in [2.45, 2.75) is 13.0 Å². The number of hydrogen-bond donors (Lipinski definition) is 1. The zero-order chi connectivity index (χ0) is 9.38. The molecule has 0 unspecified atom stereocenters. The summed E-state index contributed by atoms with van der Waals surface area (Å²) in [5.41, 5.74) is 0.975. The van der Waals surface area contributed by atoms with Gasteiger partial charge in [0.25, 0.3) is 5.89 Å². The van der Waals surface area contributed by atoms with Crippen LogP contribution in [0.5, 0.6) is 0 Å². The number of oxazole rings is 2. The Morgan fingerprint density at radius 1 is 1.43 bits per heavy atom. The van der Waals surface area contributed by atoms with E-state index in [0.29, 0.717) is 11.7 Å². The third-order valence-corrected chi connectivity index (χ3v) is 2.24. The summed E-state index contributed by atoms with van der Waals surface area (Å²) in [6, 6.07) is 0. The van der Waals surface area contributed by atoms with Crippen LogP contribution in [0.4, 0.5) is 0 Å². The van der Waals surface area contributed by atoms with E-state index in [-0.39, 0.29) is 0 Å². The van der Waals surface area contributed by atoms with E-state index in [1.165, 1.54) is 6.39 Å². The van der Waals surface area contributed by atoms with Crippen molar-refractivity contribution in [1.29, 1.82) is 0 Å². The molecule has 72 valence electrons. The smallest absolute Gasteiger partial charge is 0.265 e. The van der Waals surface area contributed by atoms with Crippen molar-refractivity contribution in [2.24, 2.45) is 0 Å². The average molecular weight is 191 g/mol. The molecular formula is C9H9N3O2. The summed E-state index contributed by atoms with van der Waals surface area (Å²) >= 11 is 0. The zero-order valence-corrected chi connectivity index (χ0v) is 7.49. The molecule has 1 aliphatic rings. The van der Waals surface area contributed by atoms with Gasteiger partial charge in [-0.2, -0.15) is 0 Å². The molecule has 0 fully saturated rings. The highest BCUT2D eigenvalue weighted by atomic mass is 16.4. The molecule has 0 amide bonds. The van der Waals surface area contributed by atoms with Crippen molar-refractivity contribution in [2.75, 3.05) is 6.54 Å². The molecule has 3 heterocycles. The van der Waals surface area contributed by atoms with E-state index in [0.717, 1.165) is 31.0 Å². The second-order valence-corrected chi connectivity index (χ2v) is 3.18. The SMILES string of the molecule is c1ncc(-c2nc3c(o2)CCNC3)o1. The lowest BCUT2D eigenvalue weighted by molar-refractivity contribution is 0.465. The fraction of sp³-hybridized carbons (Fsp3) is 0.333. The van der Waals surface area contributed by atoms with Crippen molar-refractivity contribution < 1.29 is 8.83 Å². The van der Waals surface area contributed by atoms with Gasteiger partial charge in [0.15, 0.2) is 6.39 Å². The maximum Gasteiger partial charge on any atom is 0.265 e. The van der Waals surface area contributed by atoms with Gasteiger partial charge in [0.05, 0.1) is 11.9 Å². The predicted octanol–water partition coefficient (Wildman–Crippen LogP) is 0.975. The molecule has 2 aromatic heterocycles. The van der Waals surface area contributed by atoms with Gasteiger partial charge < -0.3 is 14.2 Å². The third kappa shape index (κ3) is 1.13. The first-order valence-corrected chi connectivity index (χ1v) is 4.51. The molecule has 0 spiro atoms. The zero-order valence-electron chi connectivity index (χ0n) is 7.49. The second-order valence-electron chi connectivity index (χ2n) is 3.18. The summed E-state index contributed by atoms with van der Waals surface area (Å²) in [7, 11) is 0. The number of aromatic nitrogens is 2. The van der Waals surface area contributed by atoms with Gasteiger partial charge in [0.2, 0.25) is 5.76 Å². The Morgan fingerprint density at radius 2 is 2.43 bits per heavy atom. The van der Waals surface area contributed by atoms with Gasteiger partial charge in [-0.25, -0.2) is 9.97 Å². The number of hydrogen-bond acceptors (Lipinski definition) is 5. The summed E-state index contributed by atoms with van der Waals surface area (Å²) in [5, 5.41) is 3.23. The predicted molar refractivity (Wildman–Crippen MR) is 47.4 cm³/mol. The van der Waals surface area contributed by atoms with Gasteiger partial charge in [-0.15, -0.1) is 0 Å². The van der Waals surface area contributed by atoms with Crippen LogP contribution in [0, 0.1) is 0 Å². The first-order valence-electron chi connectivity index (χ1n) is 4.51. The molecule has 0 radical (unpaired) electrons. The van der Waals surface area contributed by atoms with Crippen LogP contribution >= 0.6 is 0 Å². The highest BCUT2D eigenvalue weighted by molar-refractivity contribution is 5.43. The summed E-state index contributed by atoms with van der Waals surface area (Å²) in [6.07, 6.45) is 3.86.